The minimum Gasteiger partial charge on any atom is -0.384 e. The molecule has 3 nitrogen and oxygen atoms in total. The van der Waals surface area contributed by atoms with E-state index in [-0.39, 0.29) is 11.9 Å². The Bertz CT molecular complexity index is 502. The molecule has 0 spiro atoms. The van der Waals surface area contributed by atoms with E-state index >= 15 is 0 Å². The number of nitrogen functional groups attached to an aromatic ring is 1. The number of aryl methyl sites for hydroxylation is 1. The number of nitrogens with two attached hydrogens (primary N) is 1. The van der Waals surface area contributed by atoms with Crippen molar-refractivity contribution in [3.05, 3.63) is 47.4 Å². The zero-order chi connectivity index (χ0) is 12.4. The fourth-order valence-corrected chi connectivity index (χ4v) is 1.94. The number of hydrogen-bond acceptors (Lipinski definition) is 2. The van der Waals surface area contributed by atoms with Gasteiger partial charge in [0.15, 0.2) is 0 Å². The first kappa shape index (κ1) is 11.6. The first-order valence-corrected chi connectivity index (χ1v) is 5.62. The van der Waals surface area contributed by atoms with Crippen LogP contribution < -0.4 is 5.73 Å². The quantitative estimate of drug-likeness (QED) is 0.885. The van der Waals surface area contributed by atoms with Crippen LogP contribution in [-0.2, 0) is 6.42 Å². The second kappa shape index (κ2) is 4.57. The molecule has 4 heteroatoms. The van der Waals surface area contributed by atoms with Crippen LogP contribution in [0.5, 0.6) is 0 Å². The minimum absolute atomic E-state index is 0.161. The van der Waals surface area contributed by atoms with Crippen LogP contribution in [0.25, 0.3) is 0 Å². The first-order valence-electron chi connectivity index (χ1n) is 5.62. The van der Waals surface area contributed by atoms with Crippen molar-refractivity contribution in [2.75, 3.05) is 5.73 Å². The molecule has 90 valence electrons. The van der Waals surface area contributed by atoms with Gasteiger partial charge in [-0.25, -0.2) is 9.07 Å². The van der Waals surface area contributed by atoms with Gasteiger partial charge in [-0.3, -0.25) is 0 Å². The van der Waals surface area contributed by atoms with Gasteiger partial charge in [0.05, 0.1) is 11.7 Å². The molecule has 1 aromatic carbocycles. The van der Waals surface area contributed by atoms with Gasteiger partial charge in [-0.05, 0) is 38.0 Å². The Kier molecular flexibility index (Phi) is 3.13. The van der Waals surface area contributed by atoms with Crippen molar-refractivity contribution in [3.63, 3.8) is 0 Å². The van der Waals surface area contributed by atoms with E-state index in [4.69, 9.17) is 5.73 Å². The SMILES string of the molecule is Cc1cc(N)n(C(C)Cc2ccc(F)cc2)n1. The Labute approximate surface area is 100 Å². The van der Waals surface area contributed by atoms with E-state index in [1.165, 1.54) is 12.1 Å². The van der Waals surface area contributed by atoms with Crippen LogP contribution in [0.4, 0.5) is 10.2 Å². The van der Waals surface area contributed by atoms with Crippen LogP contribution in [0.3, 0.4) is 0 Å². The molecule has 2 N–H and O–H groups in total. The van der Waals surface area contributed by atoms with Crippen LogP contribution in [0, 0.1) is 12.7 Å². The van der Waals surface area contributed by atoms with Crippen molar-refractivity contribution in [1.82, 2.24) is 9.78 Å². The molecule has 0 fully saturated rings. The van der Waals surface area contributed by atoms with E-state index in [2.05, 4.69) is 5.10 Å². The lowest BCUT2D eigenvalue weighted by Gasteiger charge is -2.13. The summed E-state index contributed by atoms with van der Waals surface area (Å²) in [5.74, 6) is 0.452. The van der Waals surface area contributed by atoms with Crippen LogP contribution >= 0.6 is 0 Å². The van der Waals surface area contributed by atoms with E-state index in [1.54, 1.807) is 16.8 Å². The van der Waals surface area contributed by atoms with Gasteiger partial charge in [0.1, 0.15) is 11.6 Å². The average molecular weight is 233 g/mol. The molecule has 0 amide bonds. The Morgan fingerprint density at radius 3 is 2.53 bits per heavy atom. The maximum atomic E-state index is 12.8. The van der Waals surface area contributed by atoms with Crippen LogP contribution in [0.15, 0.2) is 30.3 Å². The van der Waals surface area contributed by atoms with Crippen molar-refractivity contribution in [2.24, 2.45) is 0 Å². The molecule has 0 radical (unpaired) electrons. The molecule has 17 heavy (non-hydrogen) atoms. The summed E-state index contributed by atoms with van der Waals surface area (Å²) in [6, 6.07) is 8.53. The van der Waals surface area contributed by atoms with E-state index in [0.717, 1.165) is 17.7 Å². The second-order valence-corrected chi connectivity index (χ2v) is 4.33. The highest BCUT2D eigenvalue weighted by atomic mass is 19.1. The molecule has 2 rings (SSSR count). The summed E-state index contributed by atoms with van der Waals surface area (Å²) in [5, 5.41) is 4.34. The normalized spacial score (nSPS) is 12.6. The maximum absolute atomic E-state index is 12.8. The molecule has 1 aromatic heterocycles. The number of aromatic nitrogens is 2. The first-order chi connectivity index (χ1) is 8.06. The Hall–Kier alpha value is -1.84. The number of anilines is 1. The summed E-state index contributed by atoms with van der Waals surface area (Å²) in [6.07, 6.45) is 0.783. The predicted molar refractivity (Wildman–Crippen MR) is 66.2 cm³/mol. The standard InChI is InChI=1S/C13H16FN3/c1-9-7-13(15)17(16-9)10(2)8-11-3-5-12(14)6-4-11/h3-7,10H,8,15H2,1-2H3. The van der Waals surface area contributed by atoms with Gasteiger partial charge in [0.2, 0.25) is 0 Å². The Morgan fingerprint density at radius 2 is 2.00 bits per heavy atom. The van der Waals surface area contributed by atoms with Gasteiger partial charge in [0, 0.05) is 6.07 Å². The van der Waals surface area contributed by atoms with Gasteiger partial charge >= 0.3 is 0 Å². The van der Waals surface area contributed by atoms with Crippen molar-refractivity contribution >= 4 is 5.82 Å². The number of hydrogen-bond donors (Lipinski definition) is 1. The lowest BCUT2D eigenvalue weighted by atomic mass is 10.1. The molecule has 0 aliphatic carbocycles. The van der Waals surface area contributed by atoms with Crippen LogP contribution in [0.2, 0.25) is 0 Å². The fourth-order valence-electron chi connectivity index (χ4n) is 1.94. The summed E-state index contributed by atoms with van der Waals surface area (Å²) >= 11 is 0. The minimum atomic E-state index is -0.212. The van der Waals surface area contributed by atoms with Gasteiger partial charge in [0.25, 0.3) is 0 Å². The summed E-state index contributed by atoms with van der Waals surface area (Å²) in [5.41, 5.74) is 7.85. The number of halogens is 1. The molecule has 1 heterocycles. The van der Waals surface area contributed by atoms with Crippen molar-refractivity contribution < 1.29 is 4.39 Å². The maximum Gasteiger partial charge on any atom is 0.123 e. The second-order valence-electron chi connectivity index (χ2n) is 4.33. The van der Waals surface area contributed by atoms with Crippen LogP contribution in [-0.4, -0.2) is 9.78 Å². The molecule has 0 saturated heterocycles. The van der Waals surface area contributed by atoms with E-state index in [0.29, 0.717) is 5.82 Å². The monoisotopic (exact) mass is 233 g/mol. The summed E-state index contributed by atoms with van der Waals surface area (Å²) < 4.78 is 14.6. The van der Waals surface area contributed by atoms with Gasteiger partial charge in [-0.1, -0.05) is 12.1 Å². The third kappa shape index (κ3) is 2.64. The van der Waals surface area contributed by atoms with Crippen molar-refractivity contribution in [3.8, 4) is 0 Å². The molecule has 0 saturated carbocycles. The summed E-state index contributed by atoms with van der Waals surface area (Å²) in [7, 11) is 0. The number of benzene rings is 1. The molecule has 2 aromatic rings. The highest BCUT2D eigenvalue weighted by molar-refractivity contribution is 5.31. The number of nitrogens with zero attached hydrogens (tertiary/aromatic N) is 2. The summed E-state index contributed by atoms with van der Waals surface area (Å²) in [4.78, 5) is 0. The Balaban J connectivity index is 2.14. The van der Waals surface area contributed by atoms with E-state index in [1.807, 2.05) is 19.9 Å². The average Bonchev–Trinajstić information content (AvgIpc) is 2.61. The zero-order valence-corrected chi connectivity index (χ0v) is 10.0. The van der Waals surface area contributed by atoms with E-state index in [9.17, 15) is 4.39 Å². The molecule has 0 bridgehead atoms. The number of rotatable bonds is 3. The molecular formula is C13H16FN3. The fraction of sp³-hybridized carbons (Fsp3) is 0.308. The summed E-state index contributed by atoms with van der Waals surface area (Å²) in [6.45, 7) is 3.96. The van der Waals surface area contributed by atoms with Gasteiger partial charge < -0.3 is 5.73 Å². The topological polar surface area (TPSA) is 43.8 Å². The predicted octanol–water partition coefficient (Wildman–Crippen LogP) is 2.72. The Morgan fingerprint density at radius 1 is 1.35 bits per heavy atom. The molecule has 1 atom stereocenters. The van der Waals surface area contributed by atoms with E-state index < -0.39 is 0 Å². The molecule has 0 aliphatic rings. The molecular weight excluding hydrogens is 217 g/mol. The lowest BCUT2D eigenvalue weighted by molar-refractivity contribution is 0.493. The molecule has 0 aliphatic heterocycles. The molecule has 1 unspecified atom stereocenters. The van der Waals surface area contributed by atoms with Gasteiger partial charge in [-0.15, -0.1) is 0 Å². The van der Waals surface area contributed by atoms with Gasteiger partial charge in [-0.2, -0.15) is 5.10 Å². The highest BCUT2D eigenvalue weighted by Gasteiger charge is 2.10. The largest absolute Gasteiger partial charge is 0.384 e. The highest BCUT2D eigenvalue weighted by Crippen LogP contribution is 2.18. The van der Waals surface area contributed by atoms with Crippen molar-refractivity contribution in [2.45, 2.75) is 26.3 Å². The zero-order valence-electron chi connectivity index (χ0n) is 10.0. The lowest BCUT2D eigenvalue weighted by Crippen LogP contribution is -2.12. The van der Waals surface area contributed by atoms with Crippen molar-refractivity contribution in [1.29, 1.82) is 0 Å². The third-order valence-corrected chi connectivity index (χ3v) is 2.75. The third-order valence-electron chi connectivity index (χ3n) is 2.75. The smallest absolute Gasteiger partial charge is 0.123 e. The van der Waals surface area contributed by atoms with Crippen LogP contribution in [0.1, 0.15) is 24.2 Å².